The molecule has 0 atom stereocenters. The van der Waals surface area contributed by atoms with Gasteiger partial charge in [0.2, 0.25) is 0 Å². The molecule has 0 bridgehead atoms. The van der Waals surface area contributed by atoms with Gasteiger partial charge in [-0.05, 0) is 22.0 Å². The van der Waals surface area contributed by atoms with E-state index >= 15 is 0 Å². The van der Waals surface area contributed by atoms with E-state index < -0.39 is 0 Å². The zero-order valence-electron chi connectivity index (χ0n) is 5.81. The van der Waals surface area contributed by atoms with Gasteiger partial charge in [0, 0.05) is 6.07 Å². The molecule has 0 amide bonds. The van der Waals surface area contributed by atoms with Crippen molar-refractivity contribution in [3.05, 3.63) is 21.9 Å². The normalized spacial score (nSPS) is 10.5. The van der Waals surface area contributed by atoms with Crippen molar-refractivity contribution in [2.45, 2.75) is 0 Å². The van der Waals surface area contributed by atoms with Gasteiger partial charge in [0.05, 0.1) is 0 Å². The fourth-order valence-electron chi connectivity index (χ4n) is 0.859. The lowest BCUT2D eigenvalue weighted by atomic mass is 10.3. The number of rotatable bonds is 1. The minimum atomic E-state index is 0.504. The topological polar surface area (TPSA) is 57.4 Å². The fraction of sp³-hybridized carbons (Fsp3) is 0. The van der Waals surface area contributed by atoms with Gasteiger partial charge in [-0.2, -0.15) is 10.2 Å². The van der Waals surface area contributed by atoms with Crippen molar-refractivity contribution in [2.24, 2.45) is 0 Å². The van der Waals surface area contributed by atoms with E-state index in [0.717, 1.165) is 16.0 Å². The van der Waals surface area contributed by atoms with Crippen LogP contribution in [0.2, 0.25) is 5.15 Å². The van der Waals surface area contributed by atoms with E-state index in [1.54, 1.807) is 6.07 Å². The van der Waals surface area contributed by atoms with Gasteiger partial charge in [0.25, 0.3) is 0 Å². The van der Waals surface area contributed by atoms with Crippen molar-refractivity contribution in [3.8, 4) is 11.4 Å². The Morgan fingerprint density at radius 1 is 1.17 bits per heavy atom. The number of aromatic amines is 2. The molecular formula is C6H4BrClN4. The highest BCUT2D eigenvalue weighted by molar-refractivity contribution is 9.10. The molecule has 0 aliphatic carbocycles. The Morgan fingerprint density at radius 2 is 1.83 bits per heavy atom. The Balaban J connectivity index is 2.43. The lowest BCUT2D eigenvalue weighted by molar-refractivity contribution is 1.05. The first-order valence-electron chi connectivity index (χ1n) is 3.18. The van der Waals surface area contributed by atoms with Crippen molar-refractivity contribution in [2.75, 3.05) is 0 Å². The third-order valence-corrected chi connectivity index (χ3v) is 1.96. The molecule has 2 heterocycles. The number of aromatic nitrogens is 4. The maximum atomic E-state index is 5.65. The predicted molar refractivity (Wildman–Crippen MR) is 48.9 cm³/mol. The molecule has 0 spiro atoms. The van der Waals surface area contributed by atoms with E-state index in [1.807, 2.05) is 6.07 Å². The van der Waals surface area contributed by atoms with E-state index in [1.165, 1.54) is 0 Å². The summed E-state index contributed by atoms with van der Waals surface area (Å²) < 4.78 is 0.816. The fourth-order valence-corrected chi connectivity index (χ4v) is 1.31. The van der Waals surface area contributed by atoms with Gasteiger partial charge in [0.15, 0.2) is 0 Å². The molecule has 0 fully saturated rings. The summed E-state index contributed by atoms with van der Waals surface area (Å²) in [6, 6.07) is 3.54. The molecule has 0 radical (unpaired) electrons. The van der Waals surface area contributed by atoms with Gasteiger partial charge < -0.3 is 0 Å². The smallest absolute Gasteiger partial charge is 0.124 e. The molecule has 12 heavy (non-hydrogen) atoms. The van der Waals surface area contributed by atoms with Crippen LogP contribution in [-0.2, 0) is 0 Å². The zero-order valence-corrected chi connectivity index (χ0v) is 8.15. The molecule has 0 aliphatic heterocycles. The van der Waals surface area contributed by atoms with Crippen LogP contribution >= 0.6 is 27.5 Å². The quantitative estimate of drug-likeness (QED) is 0.812. The average molecular weight is 247 g/mol. The molecule has 4 nitrogen and oxygen atoms in total. The molecule has 2 aromatic rings. The van der Waals surface area contributed by atoms with Gasteiger partial charge in [0.1, 0.15) is 21.1 Å². The van der Waals surface area contributed by atoms with Crippen LogP contribution in [-0.4, -0.2) is 20.4 Å². The maximum absolute atomic E-state index is 5.65. The number of nitrogens with one attached hydrogen (secondary N) is 2. The van der Waals surface area contributed by atoms with Crippen molar-refractivity contribution in [1.29, 1.82) is 0 Å². The number of nitrogens with zero attached hydrogens (tertiary/aromatic N) is 2. The zero-order chi connectivity index (χ0) is 8.55. The first-order chi connectivity index (χ1) is 5.75. The molecule has 2 aromatic heterocycles. The van der Waals surface area contributed by atoms with Gasteiger partial charge in [-0.15, -0.1) is 0 Å². The molecule has 0 saturated heterocycles. The van der Waals surface area contributed by atoms with Crippen LogP contribution < -0.4 is 0 Å². The highest BCUT2D eigenvalue weighted by atomic mass is 79.9. The Kier molecular flexibility index (Phi) is 1.90. The minimum absolute atomic E-state index is 0.504. The molecule has 0 unspecified atom stereocenters. The maximum Gasteiger partial charge on any atom is 0.124 e. The summed E-state index contributed by atoms with van der Waals surface area (Å²) >= 11 is 8.90. The standard InChI is InChI=1S/C6H4BrClN4/c7-5-1-3(9-11-5)4-2-6(8)12-10-4/h1-2H,(H,9,11)(H,10,12). The predicted octanol–water partition coefficient (Wildman–Crippen LogP) is 2.22. The van der Waals surface area contributed by atoms with Crippen LogP contribution in [0, 0.1) is 0 Å². The lowest BCUT2D eigenvalue weighted by Gasteiger charge is -1.82. The number of H-pyrrole nitrogens is 2. The Labute approximate surface area is 81.5 Å². The van der Waals surface area contributed by atoms with Gasteiger partial charge in [-0.1, -0.05) is 11.6 Å². The van der Waals surface area contributed by atoms with E-state index in [4.69, 9.17) is 11.6 Å². The highest BCUT2D eigenvalue weighted by Gasteiger charge is 2.05. The van der Waals surface area contributed by atoms with Crippen molar-refractivity contribution < 1.29 is 0 Å². The number of halogens is 2. The Hall–Kier alpha value is -0.810. The Morgan fingerprint density at radius 3 is 2.33 bits per heavy atom. The van der Waals surface area contributed by atoms with Crippen LogP contribution in [0.1, 0.15) is 0 Å². The van der Waals surface area contributed by atoms with Crippen molar-refractivity contribution in [1.82, 2.24) is 20.4 Å². The van der Waals surface area contributed by atoms with Crippen LogP contribution in [0.4, 0.5) is 0 Å². The summed E-state index contributed by atoms with van der Waals surface area (Å²) in [7, 11) is 0. The van der Waals surface area contributed by atoms with E-state index in [2.05, 4.69) is 36.3 Å². The number of hydrogen-bond donors (Lipinski definition) is 2. The third-order valence-electron chi connectivity index (χ3n) is 1.36. The van der Waals surface area contributed by atoms with Gasteiger partial charge in [-0.25, -0.2) is 0 Å². The molecule has 0 aliphatic rings. The van der Waals surface area contributed by atoms with E-state index in [9.17, 15) is 0 Å². The summed E-state index contributed by atoms with van der Waals surface area (Å²) in [6.07, 6.45) is 0. The lowest BCUT2D eigenvalue weighted by Crippen LogP contribution is -1.76. The van der Waals surface area contributed by atoms with Gasteiger partial charge >= 0.3 is 0 Å². The largest absolute Gasteiger partial charge is 0.271 e. The Bertz CT molecular complexity index is 355. The minimum Gasteiger partial charge on any atom is -0.271 e. The van der Waals surface area contributed by atoms with Gasteiger partial charge in [-0.3, -0.25) is 10.2 Å². The first kappa shape index (κ1) is 7.82. The molecule has 0 aromatic carbocycles. The molecule has 6 heteroatoms. The monoisotopic (exact) mass is 246 g/mol. The molecule has 2 N–H and O–H groups in total. The second-order valence-corrected chi connectivity index (χ2v) is 3.46. The first-order valence-corrected chi connectivity index (χ1v) is 4.35. The highest BCUT2D eigenvalue weighted by Crippen LogP contribution is 2.19. The average Bonchev–Trinajstić information content (AvgIpc) is 2.58. The molecule has 62 valence electrons. The molecular weight excluding hydrogens is 243 g/mol. The van der Waals surface area contributed by atoms with E-state index in [0.29, 0.717) is 5.15 Å². The molecule has 2 rings (SSSR count). The van der Waals surface area contributed by atoms with E-state index in [-0.39, 0.29) is 0 Å². The second kappa shape index (κ2) is 2.91. The summed E-state index contributed by atoms with van der Waals surface area (Å²) in [5.74, 6) is 0. The molecule has 0 saturated carbocycles. The van der Waals surface area contributed by atoms with Crippen LogP contribution in [0.25, 0.3) is 11.4 Å². The summed E-state index contributed by atoms with van der Waals surface area (Å²) in [6.45, 7) is 0. The van der Waals surface area contributed by atoms with Crippen molar-refractivity contribution >= 4 is 27.5 Å². The van der Waals surface area contributed by atoms with Crippen LogP contribution in [0.5, 0.6) is 0 Å². The van der Waals surface area contributed by atoms with Crippen LogP contribution in [0.15, 0.2) is 16.7 Å². The third kappa shape index (κ3) is 1.37. The summed E-state index contributed by atoms with van der Waals surface area (Å²) in [5, 5.41) is 13.8. The SMILES string of the molecule is Clc1cc(-c2cc(Br)[nH]n2)n[nH]1. The second-order valence-electron chi connectivity index (χ2n) is 2.20. The summed E-state index contributed by atoms with van der Waals surface area (Å²) in [4.78, 5) is 0. The van der Waals surface area contributed by atoms with Crippen molar-refractivity contribution in [3.63, 3.8) is 0 Å². The van der Waals surface area contributed by atoms with Crippen LogP contribution in [0.3, 0.4) is 0 Å². The summed E-state index contributed by atoms with van der Waals surface area (Å²) in [5.41, 5.74) is 1.48. The number of hydrogen-bond acceptors (Lipinski definition) is 2.